The number of aliphatic imine (C=N–C) groups is 1. The standard InChI is InChI=1S/C27H18F4N6O2/c28-21-9-4-17(27(29,30)31)13-22(21)36(26(34)38)18-5-7-19(8-6-18)37-23(33)20-10-11-39-25(20)35-24(37)16-3-1-2-15(12-16)14-32/h1-13,23H,33H2,(H2,34,38). The van der Waals surface area contributed by atoms with Crippen LogP contribution in [0.4, 0.5) is 45.3 Å². The molecule has 1 aliphatic heterocycles. The fraction of sp³-hybridized carbons (Fsp3) is 0.0741. The number of hydrogen-bond donors (Lipinski definition) is 2. The van der Waals surface area contributed by atoms with Gasteiger partial charge in [0, 0.05) is 11.3 Å². The van der Waals surface area contributed by atoms with Crippen molar-refractivity contribution in [1.82, 2.24) is 0 Å². The van der Waals surface area contributed by atoms with Gasteiger partial charge < -0.3 is 20.8 Å². The summed E-state index contributed by atoms with van der Waals surface area (Å²) in [6.45, 7) is 0. The highest BCUT2D eigenvalue weighted by atomic mass is 19.4. The minimum absolute atomic E-state index is 0.0176. The number of nitrogens with zero attached hydrogens (tertiary/aromatic N) is 4. The van der Waals surface area contributed by atoms with Crippen molar-refractivity contribution in [3.63, 3.8) is 0 Å². The maximum absolute atomic E-state index is 14.6. The number of alkyl halides is 3. The Morgan fingerprint density at radius 3 is 2.49 bits per heavy atom. The van der Waals surface area contributed by atoms with Crippen molar-refractivity contribution in [3.8, 4) is 6.07 Å². The van der Waals surface area contributed by atoms with Crippen LogP contribution in [0.3, 0.4) is 0 Å². The third-order valence-electron chi connectivity index (χ3n) is 6.08. The van der Waals surface area contributed by atoms with Crippen molar-refractivity contribution in [3.05, 3.63) is 107 Å². The van der Waals surface area contributed by atoms with E-state index >= 15 is 0 Å². The number of nitrogens with two attached hydrogens (primary N) is 2. The Kier molecular flexibility index (Phi) is 6.29. The summed E-state index contributed by atoms with van der Waals surface area (Å²) in [5, 5.41) is 9.34. The van der Waals surface area contributed by atoms with Gasteiger partial charge in [0.2, 0.25) is 5.88 Å². The lowest BCUT2D eigenvalue weighted by Gasteiger charge is -2.34. The van der Waals surface area contributed by atoms with E-state index in [0.717, 1.165) is 0 Å². The maximum atomic E-state index is 14.6. The zero-order valence-electron chi connectivity index (χ0n) is 19.9. The molecule has 12 heteroatoms. The van der Waals surface area contributed by atoms with E-state index in [9.17, 15) is 27.6 Å². The van der Waals surface area contributed by atoms with Crippen molar-refractivity contribution in [2.24, 2.45) is 16.5 Å². The van der Waals surface area contributed by atoms with Crippen LogP contribution in [-0.4, -0.2) is 11.9 Å². The Bertz CT molecular complexity index is 1640. The van der Waals surface area contributed by atoms with Crippen LogP contribution >= 0.6 is 0 Å². The van der Waals surface area contributed by atoms with Gasteiger partial charge in [-0.15, -0.1) is 0 Å². The predicted molar refractivity (Wildman–Crippen MR) is 135 cm³/mol. The molecule has 0 saturated carbocycles. The van der Waals surface area contributed by atoms with Gasteiger partial charge in [0.15, 0.2) is 0 Å². The molecule has 0 spiro atoms. The van der Waals surface area contributed by atoms with E-state index in [4.69, 9.17) is 15.9 Å². The van der Waals surface area contributed by atoms with E-state index in [-0.39, 0.29) is 5.69 Å². The van der Waals surface area contributed by atoms with E-state index < -0.39 is 35.4 Å². The molecule has 4 N–H and O–H groups in total. The van der Waals surface area contributed by atoms with Crippen molar-refractivity contribution >= 4 is 34.8 Å². The zero-order valence-corrected chi connectivity index (χ0v) is 19.9. The molecule has 1 aliphatic rings. The second kappa shape index (κ2) is 9.62. The Balaban J connectivity index is 1.57. The van der Waals surface area contributed by atoms with E-state index in [1.165, 1.54) is 30.5 Å². The van der Waals surface area contributed by atoms with Crippen molar-refractivity contribution in [1.29, 1.82) is 5.26 Å². The molecule has 0 aliphatic carbocycles. The molecule has 3 aromatic carbocycles. The number of anilines is 3. The number of amidine groups is 1. The lowest BCUT2D eigenvalue weighted by molar-refractivity contribution is -0.137. The number of nitriles is 1. The van der Waals surface area contributed by atoms with Gasteiger partial charge in [-0.05, 0) is 60.7 Å². The van der Waals surface area contributed by atoms with Crippen LogP contribution < -0.4 is 21.3 Å². The number of carbonyl (C=O) groups excluding carboxylic acids is 1. The van der Waals surface area contributed by atoms with Crippen molar-refractivity contribution in [2.75, 3.05) is 9.80 Å². The monoisotopic (exact) mass is 534 g/mol. The largest absolute Gasteiger partial charge is 0.446 e. The van der Waals surface area contributed by atoms with Crippen LogP contribution in [0, 0.1) is 17.1 Å². The van der Waals surface area contributed by atoms with Crippen LogP contribution in [0.5, 0.6) is 0 Å². The molecule has 1 aromatic heterocycles. The molecule has 4 aromatic rings. The molecular weight excluding hydrogens is 516 g/mol. The number of furan rings is 1. The third kappa shape index (κ3) is 4.67. The Morgan fingerprint density at radius 2 is 1.82 bits per heavy atom. The van der Waals surface area contributed by atoms with E-state index in [0.29, 0.717) is 57.2 Å². The zero-order chi connectivity index (χ0) is 27.9. The summed E-state index contributed by atoms with van der Waals surface area (Å²) in [4.78, 5) is 19.2. The molecular formula is C27H18F4N6O2. The second-order valence-corrected chi connectivity index (χ2v) is 8.48. The van der Waals surface area contributed by atoms with Crippen molar-refractivity contribution < 1.29 is 26.8 Å². The molecule has 0 saturated heterocycles. The quantitative estimate of drug-likeness (QED) is 0.307. The maximum Gasteiger partial charge on any atom is 0.416 e. The lowest BCUT2D eigenvalue weighted by Crippen LogP contribution is -2.42. The third-order valence-corrected chi connectivity index (χ3v) is 6.08. The molecule has 0 bridgehead atoms. The van der Waals surface area contributed by atoms with Crippen LogP contribution in [-0.2, 0) is 6.18 Å². The number of rotatable bonds is 4. The van der Waals surface area contributed by atoms with Gasteiger partial charge in [0.25, 0.3) is 0 Å². The highest BCUT2D eigenvalue weighted by Crippen LogP contribution is 2.39. The van der Waals surface area contributed by atoms with Crippen LogP contribution in [0.25, 0.3) is 0 Å². The number of primary amides is 1. The first kappa shape index (κ1) is 25.5. The molecule has 1 unspecified atom stereocenters. The number of halogens is 4. The average Bonchev–Trinajstić information content (AvgIpc) is 3.39. The minimum atomic E-state index is -4.76. The number of amides is 2. The van der Waals surface area contributed by atoms with Gasteiger partial charge in [-0.25, -0.2) is 9.18 Å². The molecule has 0 fully saturated rings. The average molecular weight is 534 g/mol. The number of benzene rings is 3. The molecule has 2 amide bonds. The molecule has 1 atom stereocenters. The Labute approximate surface area is 219 Å². The second-order valence-electron chi connectivity index (χ2n) is 8.48. The topological polar surface area (TPSA) is 125 Å². The number of fused-ring (bicyclic) bond motifs is 1. The molecule has 2 heterocycles. The van der Waals surface area contributed by atoms with E-state index in [2.05, 4.69) is 11.1 Å². The molecule has 196 valence electrons. The lowest BCUT2D eigenvalue weighted by atomic mass is 10.1. The molecule has 0 radical (unpaired) electrons. The van der Waals surface area contributed by atoms with Gasteiger partial charge in [0.1, 0.15) is 17.8 Å². The predicted octanol–water partition coefficient (Wildman–Crippen LogP) is 6.08. The molecule has 8 nitrogen and oxygen atoms in total. The highest BCUT2D eigenvalue weighted by molar-refractivity contribution is 6.12. The fourth-order valence-electron chi connectivity index (χ4n) is 4.27. The first-order valence-electron chi connectivity index (χ1n) is 11.4. The van der Waals surface area contributed by atoms with Crippen LogP contribution in [0.15, 0.2) is 88.5 Å². The van der Waals surface area contributed by atoms with Crippen LogP contribution in [0.2, 0.25) is 0 Å². The van der Waals surface area contributed by atoms with Crippen LogP contribution in [0.1, 0.15) is 28.4 Å². The normalized spacial score (nSPS) is 14.8. The van der Waals surface area contributed by atoms with Gasteiger partial charge in [-0.2, -0.15) is 23.4 Å². The molecule has 39 heavy (non-hydrogen) atoms. The minimum Gasteiger partial charge on any atom is -0.446 e. The van der Waals surface area contributed by atoms with Gasteiger partial charge in [0.05, 0.1) is 40.4 Å². The van der Waals surface area contributed by atoms with Gasteiger partial charge in [-0.1, -0.05) is 12.1 Å². The summed E-state index contributed by atoms with van der Waals surface area (Å²) in [7, 11) is 0. The first-order valence-corrected chi connectivity index (χ1v) is 11.4. The summed E-state index contributed by atoms with van der Waals surface area (Å²) in [5.74, 6) is -0.402. The summed E-state index contributed by atoms with van der Waals surface area (Å²) in [5.41, 5.74) is 12.3. The summed E-state index contributed by atoms with van der Waals surface area (Å²) in [6.07, 6.45) is -4.08. The number of carbonyl (C=O) groups is 1. The first-order chi connectivity index (χ1) is 18.6. The Morgan fingerprint density at radius 1 is 1.08 bits per heavy atom. The number of hydrogen-bond acceptors (Lipinski definition) is 6. The molecule has 5 rings (SSSR count). The van der Waals surface area contributed by atoms with Crippen molar-refractivity contribution in [2.45, 2.75) is 12.3 Å². The Hall–Kier alpha value is -5.15. The van der Waals surface area contributed by atoms with Gasteiger partial charge >= 0.3 is 12.2 Å². The summed E-state index contributed by atoms with van der Waals surface area (Å²) < 4.78 is 59.8. The van der Waals surface area contributed by atoms with E-state index in [1.807, 2.05) is 0 Å². The SMILES string of the molecule is N#Cc1cccc(C2=Nc3occc3C(N)N2c2ccc(N(C(N)=O)c3cc(C(F)(F)F)ccc3F)cc2)c1. The summed E-state index contributed by atoms with van der Waals surface area (Å²) >= 11 is 0. The fourth-order valence-corrected chi connectivity index (χ4v) is 4.27. The smallest absolute Gasteiger partial charge is 0.416 e. The number of urea groups is 1. The highest BCUT2D eigenvalue weighted by Gasteiger charge is 2.34. The summed E-state index contributed by atoms with van der Waals surface area (Å²) in [6, 6.07) is 16.8. The van der Waals surface area contributed by atoms with E-state index in [1.54, 1.807) is 35.2 Å². The van der Waals surface area contributed by atoms with Gasteiger partial charge in [-0.3, -0.25) is 4.90 Å².